The number of thioether (sulfide) groups is 1. The van der Waals surface area contributed by atoms with Crippen LogP contribution in [0, 0.1) is 5.92 Å². The van der Waals surface area contributed by atoms with Crippen molar-refractivity contribution in [1.82, 2.24) is 5.32 Å². The maximum Gasteiger partial charge on any atom is 0.338 e. The lowest BCUT2D eigenvalue weighted by molar-refractivity contribution is -0.153. The summed E-state index contributed by atoms with van der Waals surface area (Å²) >= 11 is 1.56. The molecule has 1 aliphatic rings. The largest absolute Gasteiger partial charge is 0.465 e. The molecule has 0 fully saturated rings. The van der Waals surface area contributed by atoms with Gasteiger partial charge in [-0.1, -0.05) is 12.1 Å². The number of nitrogens with one attached hydrogen (secondary N) is 1. The topological polar surface area (TPSA) is 108 Å². The Morgan fingerprint density at radius 3 is 2.31 bits per heavy atom. The van der Waals surface area contributed by atoms with E-state index >= 15 is 0 Å². The summed E-state index contributed by atoms with van der Waals surface area (Å²) in [6, 6.07) is 7.25. The van der Waals surface area contributed by atoms with Gasteiger partial charge < -0.3 is 20.5 Å². The predicted molar refractivity (Wildman–Crippen MR) is 97.1 cm³/mol. The standard InChI is InChI=1S/C18H22N2O5S/c1-4-24-17(22)13-12(10-6-8-11(26-3)9-7-10)14(18(23)25-5-2)16(21)20-15(13)19/h6-9,12,14H,4-5,19H2,1-3H3,(H,20,21). The maximum absolute atomic E-state index is 12.5. The molecular weight excluding hydrogens is 356 g/mol. The van der Waals surface area contributed by atoms with E-state index in [4.69, 9.17) is 15.2 Å². The first-order chi connectivity index (χ1) is 12.4. The van der Waals surface area contributed by atoms with Crippen LogP contribution in [0.4, 0.5) is 0 Å². The van der Waals surface area contributed by atoms with Crippen molar-refractivity contribution in [2.75, 3.05) is 19.5 Å². The lowest BCUT2D eigenvalue weighted by Crippen LogP contribution is -2.48. The van der Waals surface area contributed by atoms with Crippen LogP contribution in [0.3, 0.4) is 0 Å². The van der Waals surface area contributed by atoms with Gasteiger partial charge in [-0.3, -0.25) is 9.59 Å². The molecule has 3 N–H and O–H groups in total. The monoisotopic (exact) mass is 378 g/mol. The van der Waals surface area contributed by atoms with Gasteiger partial charge in [0.05, 0.1) is 18.8 Å². The lowest BCUT2D eigenvalue weighted by atomic mass is 9.77. The van der Waals surface area contributed by atoms with Gasteiger partial charge in [0.25, 0.3) is 0 Å². The summed E-state index contributed by atoms with van der Waals surface area (Å²) in [6.45, 7) is 3.58. The van der Waals surface area contributed by atoms with E-state index < -0.39 is 29.7 Å². The van der Waals surface area contributed by atoms with Gasteiger partial charge in [0.15, 0.2) is 0 Å². The van der Waals surface area contributed by atoms with Crippen LogP contribution in [0.15, 0.2) is 40.6 Å². The van der Waals surface area contributed by atoms with Crippen LogP contribution in [-0.4, -0.2) is 37.3 Å². The number of benzene rings is 1. The first-order valence-electron chi connectivity index (χ1n) is 8.22. The van der Waals surface area contributed by atoms with Gasteiger partial charge >= 0.3 is 11.9 Å². The van der Waals surface area contributed by atoms with Crippen LogP contribution in [0.5, 0.6) is 0 Å². The molecule has 140 valence electrons. The molecule has 0 saturated heterocycles. The van der Waals surface area contributed by atoms with Crippen molar-refractivity contribution in [1.29, 1.82) is 0 Å². The Morgan fingerprint density at radius 2 is 1.77 bits per heavy atom. The molecule has 2 atom stereocenters. The molecule has 7 nitrogen and oxygen atoms in total. The Kier molecular flexibility index (Phi) is 6.68. The quantitative estimate of drug-likeness (QED) is 0.439. The summed E-state index contributed by atoms with van der Waals surface area (Å²) in [7, 11) is 0. The third-order valence-corrected chi connectivity index (χ3v) is 4.73. The molecule has 0 spiro atoms. The van der Waals surface area contributed by atoms with Crippen LogP contribution in [0.25, 0.3) is 0 Å². The number of hydrogen-bond donors (Lipinski definition) is 2. The third-order valence-electron chi connectivity index (χ3n) is 3.99. The second-order valence-electron chi connectivity index (χ2n) is 5.52. The zero-order valence-electron chi connectivity index (χ0n) is 14.9. The van der Waals surface area contributed by atoms with Crippen molar-refractivity contribution >= 4 is 29.6 Å². The Hall–Kier alpha value is -2.48. The predicted octanol–water partition coefficient (Wildman–Crippen LogP) is 1.53. The fourth-order valence-corrected chi connectivity index (χ4v) is 3.26. The Bertz CT molecular complexity index is 730. The van der Waals surface area contributed by atoms with Gasteiger partial charge in [-0.2, -0.15) is 0 Å². The molecule has 0 aliphatic carbocycles. The highest BCUT2D eigenvalue weighted by Gasteiger charge is 2.46. The molecule has 26 heavy (non-hydrogen) atoms. The molecule has 1 heterocycles. The normalized spacial score (nSPS) is 19.7. The minimum atomic E-state index is -1.22. The van der Waals surface area contributed by atoms with Crippen LogP contribution in [0.2, 0.25) is 0 Å². The number of amides is 1. The molecule has 1 amide bonds. The average Bonchev–Trinajstić information content (AvgIpc) is 2.61. The van der Waals surface area contributed by atoms with Crippen molar-refractivity contribution in [2.45, 2.75) is 24.7 Å². The molecule has 0 bridgehead atoms. The van der Waals surface area contributed by atoms with E-state index in [9.17, 15) is 14.4 Å². The highest BCUT2D eigenvalue weighted by Crippen LogP contribution is 2.38. The van der Waals surface area contributed by atoms with Crippen LogP contribution >= 0.6 is 11.8 Å². The number of rotatable bonds is 6. The zero-order chi connectivity index (χ0) is 19.3. The first kappa shape index (κ1) is 19.8. The molecule has 0 saturated carbocycles. The van der Waals surface area contributed by atoms with Crippen LogP contribution in [0.1, 0.15) is 25.3 Å². The van der Waals surface area contributed by atoms with Crippen LogP contribution < -0.4 is 11.1 Å². The molecule has 8 heteroatoms. The highest BCUT2D eigenvalue weighted by molar-refractivity contribution is 7.98. The third kappa shape index (κ3) is 4.01. The number of carbonyl (C=O) groups excluding carboxylic acids is 3. The SMILES string of the molecule is CCOC(=O)C1=C(N)NC(=O)C(C(=O)OCC)C1c1ccc(SC)cc1. The molecule has 1 aromatic rings. The minimum absolute atomic E-state index is 0.0569. The average molecular weight is 378 g/mol. The van der Waals surface area contributed by atoms with E-state index in [-0.39, 0.29) is 24.6 Å². The number of carbonyl (C=O) groups is 3. The van der Waals surface area contributed by atoms with E-state index in [1.165, 1.54) is 0 Å². The second-order valence-corrected chi connectivity index (χ2v) is 6.40. The molecule has 0 radical (unpaired) electrons. The van der Waals surface area contributed by atoms with Gasteiger partial charge in [-0.15, -0.1) is 11.8 Å². The molecule has 1 aliphatic heterocycles. The maximum atomic E-state index is 12.5. The molecule has 2 unspecified atom stereocenters. The fourth-order valence-electron chi connectivity index (χ4n) is 2.85. The van der Waals surface area contributed by atoms with Crippen molar-refractivity contribution in [2.24, 2.45) is 11.7 Å². The van der Waals surface area contributed by atoms with E-state index in [1.54, 1.807) is 37.7 Å². The van der Waals surface area contributed by atoms with Gasteiger partial charge in [0.1, 0.15) is 11.7 Å². The first-order valence-corrected chi connectivity index (χ1v) is 9.45. The van der Waals surface area contributed by atoms with Crippen molar-refractivity contribution in [3.63, 3.8) is 0 Å². The summed E-state index contributed by atoms with van der Waals surface area (Å²) in [4.78, 5) is 38.4. The second kappa shape index (κ2) is 8.75. The van der Waals surface area contributed by atoms with E-state index in [0.717, 1.165) is 4.90 Å². The van der Waals surface area contributed by atoms with Gasteiger partial charge in [0.2, 0.25) is 5.91 Å². The summed E-state index contributed by atoms with van der Waals surface area (Å²) in [5, 5.41) is 2.39. The van der Waals surface area contributed by atoms with Gasteiger partial charge in [-0.05, 0) is 37.8 Å². The molecule has 1 aromatic carbocycles. The van der Waals surface area contributed by atoms with E-state index in [0.29, 0.717) is 5.56 Å². The Balaban J connectivity index is 2.58. The minimum Gasteiger partial charge on any atom is -0.465 e. The number of esters is 2. The Labute approximate surface area is 156 Å². The number of hydrogen-bond acceptors (Lipinski definition) is 7. The van der Waals surface area contributed by atoms with Crippen molar-refractivity contribution in [3.05, 3.63) is 41.2 Å². The highest BCUT2D eigenvalue weighted by atomic mass is 32.2. The molecule has 2 rings (SSSR count). The molecular formula is C18H22N2O5S. The summed E-state index contributed by atoms with van der Waals surface area (Å²) in [5.74, 6) is -4.18. The zero-order valence-corrected chi connectivity index (χ0v) is 15.7. The van der Waals surface area contributed by atoms with Crippen molar-refractivity contribution in [3.8, 4) is 0 Å². The summed E-state index contributed by atoms with van der Waals surface area (Å²) < 4.78 is 10.1. The fraction of sp³-hybridized carbons (Fsp3) is 0.389. The van der Waals surface area contributed by atoms with Crippen molar-refractivity contribution < 1.29 is 23.9 Å². The number of nitrogens with two attached hydrogens (primary N) is 1. The van der Waals surface area contributed by atoms with Gasteiger partial charge in [0, 0.05) is 10.8 Å². The molecule has 0 aromatic heterocycles. The Morgan fingerprint density at radius 1 is 1.15 bits per heavy atom. The van der Waals surface area contributed by atoms with Gasteiger partial charge in [-0.25, -0.2) is 4.79 Å². The van der Waals surface area contributed by atoms with E-state index in [2.05, 4.69) is 5.32 Å². The summed E-state index contributed by atoms with van der Waals surface area (Å²) in [5.41, 5.74) is 6.58. The number of ether oxygens (including phenoxy) is 2. The van der Waals surface area contributed by atoms with Crippen LogP contribution in [-0.2, 0) is 23.9 Å². The van der Waals surface area contributed by atoms with E-state index in [1.807, 2.05) is 18.4 Å². The smallest absolute Gasteiger partial charge is 0.338 e. The summed E-state index contributed by atoms with van der Waals surface area (Å²) in [6.07, 6.45) is 1.94. The lowest BCUT2D eigenvalue weighted by Gasteiger charge is -2.31.